The Morgan fingerprint density at radius 2 is 2.11 bits per heavy atom. The molecule has 0 aromatic carbocycles. The molecule has 7 nitrogen and oxygen atoms in total. The maximum atomic E-state index is 12.6. The number of aromatic amines is 1. The number of nitrogens with one attached hydrogen (secondary N) is 3. The number of carbonyl (C=O) groups excluding carboxylic acids is 2. The molecule has 0 bridgehead atoms. The predicted molar refractivity (Wildman–Crippen MR) is 105 cm³/mol. The van der Waals surface area contributed by atoms with Gasteiger partial charge in [0.15, 0.2) is 5.69 Å². The van der Waals surface area contributed by atoms with Crippen molar-refractivity contribution in [3.8, 4) is 0 Å². The Labute approximate surface area is 167 Å². The summed E-state index contributed by atoms with van der Waals surface area (Å²) in [6.07, 6.45) is 3.91. The largest absolute Gasteiger partial charge is 0.348 e. The molecule has 3 N–H and O–H groups in total. The van der Waals surface area contributed by atoms with Crippen molar-refractivity contribution in [2.45, 2.75) is 58.5 Å². The van der Waals surface area contributed by atoms with Crippen LogP contribution in [0.3, 0.4) is 0 Å². The van der Waals surface area contributed by atoms with Gasteiger partial charge in [-0.05, 0) is 38.5 Å². The van der Waals surface area contributed by atoms with Crippen molar-refractivity contribution in [2.75, 3.05) is 0 Å². The topological polar surface area (TPSA) is 99.8 Å². The second-order valence-electron chi connectivity index (χ2n) is 7.34. The van der Waals surface area contributed by atoms with Gasteiger partial charge in [0.25, 0.3) is 11.8 Å². The van der Waals surface area contributed by atoms with Crippen LogP contribution in [0.4, 0.5) is 0 Å². The molecule has 2 aromatic rings. The molecular formula is C18H24ClN5O2S. The lowest BCUT2D eigenvalue weighted by Gasteiger charge is -2.25. The van der Waals surface area contributed by atoms with Gasteiger partial charge in [0.05, 0.1) is 16.8 Å². The Morgan fingerprint density at radius 1 is 1.37 bits per heavy atom. The van der Waals surface area contributed by atoms with Crippen molar-refractivity contribution in [3.63, 3.8) is 0 Å². The SMILES string of the molecule is Cc1[nH]nc(C(=O)N[C@H](CC(C)C)c2nc(C(=O)NC3CCC3)cs2)c1Cl. The van der Waals surface area contributed by atoms with Crippen LogP contribution in [0.15, 0.2) is 5.38 Å². The van der Waals surface area contributed by atoms with Crippen molar-refractivity contribution >= 4 is 34.8 Å². The molecule has 0 saturated heterocycles. The summed E-state index contributed by atoms with van der Waals surface area (Å²) in [5.41, 5.74) is 1.22. The van der Waals surface area contributed by atoms with Crippen molar-refractivity contribution in [1.29, 1.82) is 0 Å². The highest BCUT2D eigenvalue weighted by atomic mass is 35.5. The van der Waals surface area contributed by atoms with Crippen LogP contribution in [0.25, 0.3) is 0 Å². The first kappa shape index (κ1) is 19.8. The van der Waals surface area contributed by atoms with Gasteiger partial charge in [-0.1, -0.05) is 25.4 Å². The number of nitrogens with zero attached hydrogens (tertiary/aromatic N) is 2. The number of hydrogen-bond donors (Lipinski definition) is 3. The van der Waals surface area contributed by atoms with Gasteiger partial charge in [-0.25, -0.2) is 4.98 Å². The standard InChI is InChI=1S/C18H24ClN5O2S/c1-9(2)7-12(21-17(26)15-14(19)10(3)23-24-15)18-22-13(8-27-18)16(25)20-11-5-4-6-11/h8-9,11-12H,4-7H2,1-3H3,(H,20,25)(H,21,26)(H,23,24)/t12-/m1/s1. The summed E-state index contributed by atoms with van der Waals surface area (Å²) >= 11 is 7.51. The summed E-state index contributed by atoms with van der Waals surface area (Å²) in [4.78, 5) is 29.4. The third-order valence-electron chi connectivity index (χ3n) is 4.59. The minimum Gasteiger partial charge on any atom is -0.348 e. The van der Waals surface area contributed by atoms with Gasteiger partial charge < -0.3 is 10.6 Å². The summed E-state index contributed by atoms with van der Waals surface area (Å²) < 4.78 is 0. The zero-order valence-corrected chi connectivity index (χ0v) is 17.2. The zero-order valence-electron chi connectivity index (χ0n) is 15.6. The molecule has 27 heavy (non-hydrogen) atoms. The number of H-pyrrole nitrogens is 1. The second kappa shape index (κ2) is 8.39. The summed E-state index contributed by atoms with van der Waals surface area (Å²) in [5, 5.41) is 15.4. The molecule has 1 aliphatic rings. The van der Waals surface area contributed by atoms with Crippen LogP contribution in [0, 0.1) is 12.8 Å². The van der Waals surface area contributed by atoms with Crippen molar-refractivity contribution in [3.05, 3.63) is 32.5 Å². The highest BCUT2D eigenvalue weighted by Gasteiger charge is 2.26. The normalized spacial score (nSPS) is 15.4. The molecule has 1 fully saturated rings. The predicted octanol–water partition coefficient (Wildman–Crippen LogP) is 3.63. The van der Waals surface area contributed by atoms with Gasteiger partial charge in [-0.15, -0.1) is 11.3 Å². The van der Waals surface area contributed by atoms with Crippen LogP contribution in [-0.4, -0.2) is 33.0 Å². The maximum absolute atomic E-state index is 12.6. The van der Waals surface area contributed by atoms with Gasteiger partial charge in [-0.3, -0.25) is 14.7 Å². The van der Waals surface area contributed by atoms with Crippen molar-refractivity contribution < 1.29 is 9.59 Å². The third kappa shape index (κ3) is 4.68. The summed E-state index contributed by atoms with van der Waals surface area (Å²) in [7, 11) is 0. The average molecular weight is 410 g/mol. The minimum absolute atomic E-state index is 0.150. The fourth-order valence-electron chi connectivity index (χ4n) is 2.85. The van der Waals surface area contributed by atoms with Crippen molar-refractivity contribution in [2.24, 2.45) is 5.92 Å². The molecule has 1 atom stereocenters. The second-order valence-corrected chi connectivity index (χ2v) is 8.61. The Balaban J connectivity index is 1.73. The van der Waals surface area contributed by atoms with Gasteiger partial charge in [-0.2, -0.15) is 5.10 Å². The number of thiazole rings is 1. The van der Waals surface area contributed by atoms with E-state index in [9.17, 15) is 9.59 Å². The molecule has 1 saturated carbocycles. The third-order valence-corrected chi connectivity index (χ3v) is 6.01. The molecule has 2 heterocycles. The van der Waals surface area contributed by atoms with Crippen LogP contribution in [-0.2, 0) is 0 Å². The van der Waals surface area contributed by atoms with E-state index in [4.69, 9.17) is 11.6 Å². The minimum atomic E-state index is -0.356. The molecule has 2 aromatic heterocycles. The highest BCUT2D eigenvalue weighted by Crippen LogP contribution is 2.26. The molecule has 0 unspecified atom stereocenters. The first-order chi connectivity index (χ1) is 12.8. The van der Waals surface area contributed by atoms with Gasteiger partial charge in [0, 0.05) is 11.4 Å². The lowest BCUT2D eigenvalue weighted by atomic mass is 9.93. The average Bonchev–Trinajstić information content (AvgIpc) is 3.18. The molecule has 3 rings (SSSR count). The van der Waals surface area contributed by atoms with Crippen LogP contribution in [0.1, 0.15) is 77.3 Å². The maximum Gasteiger partial charge on any atom is 0.273 e. The van der Waals surface area contributed by atoms with E-state index in [1.165, 1.54) is 11.3 Å². The van der Waals surface area contributed by atoms with E-state index in [1.54, 1.807) is 12.3 Å². The molecular weight excluding hydrogens is 386 g/mol. The fourth-order valence-corrected chi connectivity index (χ4v) is 3.88. The summed E-state index contributed by atoms with van der Waals surface area (Å²) in [5.74, 6) is -0.170. The summed E-state index contributed by atoms with van der Waals surface area (Å²) in [6.45, 7) is 5.90. The van der Waals surface area contributed by atoms with Gasteiger partial charge in [0.2, 0.25) is 0 Å². The molecule has 146 valence electrons. The van der Waals surface area contributed by atoms with Crippen molar-refractivity contribution in [1.82, 2.24) is 25.8 Å². The van der Waals surface area contributed by atoms with Crippen LogP contribution in [0.5, 0.6) is 0 Å². The molecule has 0 radical (unpaired) electrons. The molecule has 2 amide bonds. The Hall–Kier alpha value is -1.93. The number of rotatable bonds is 7. The number of amides is 2. The van der Waals surface area contributed by atoms with Crippen LogP contribution >= 0.6 is 22.9 Å². The van der Waals surface area contributed by atoms with E-state index in [0.717, 1.165) is 19.3 Å². The first-order valence-corrected chi connectivity index (χ1v) is 10.4. The lowest BCUT2D eigenvalue weighted by Crippen LogP contribution is -2.39. The number of hydrogen-bond acceptors (Lipinski definition) is 5. The van der Waals surface area contributed by atoms with Crippen LogP contribution < -0.4 is 10.6 Å². The monoisotopic (exact) mass is 409 g/mol. The smallest absolute Gasteiger partial charge is 0.273 e. The molecule has 9 heteroatoms. The Morgan fingerprint density at radius 3 is 2.67 bits per heavy atom. The summed E-state index contributed by atoms with van der Waals surface area (Å²) in [6, 6.07) is -0.0420. The van der Waals surface area contributed by atoms with E-state index < -0.39 is 0 Å². The van der Waals surface area contributed by atoms with E-state index in [2.05, 4.69) is 39.7 Å². The molecule has 1 aliphatic carbocycles. The van der Waals surface area contributed by atoms with Gasteiger partial charge >= 0.3 is 0 Å². The zero-order chi connectivity index (χ0) is 19.6. The lowest BCUT2D eigenvalue weighted by molar-refractivity contribution is 0.0911. The first-order valence-electron chi connectivity index (χ1n) is 9.12. The fraction of sp³-hybridized carbons (Fsp3) is 0.556. The number of carbonyl (C=O) groups is 2. The molecule has 0 aliphatic heterocycles. The van der Waals surface area contributed by atoms with Gasteiger partial charge in [0.1, 0.15) is 10.7 Å². The Bertz CT molecular complexity index is 828. The Kier molecular flexibility index (Phi) is 6.16. The molecule has 0 spiro atoms. The van der Waals surface area contributed by atoms with E-state index in [0.29, 0.717) is 33.8 Å². The number of aromatic nitrogens is 3. The van der Waals surface area contributed by atoms with E-state index in [1.807, 2.05) is 0 Å². The number of halogens is 1. The number of aryl methyl sites for hydroxylation is 1. The van der Waals surface area contributed by atoms with E-state index >= 15 is 0 Å². The highest BCUT2D eigenvalue weighted by molar-refractivity contribution is 7.09. The van der Waals surface area contributed by atoms with E-state index in [-0.39, 0.29) is 29.6 Å². The quantitative estimate of drug-likeness (QED) is 0.650. The van der Waals surface area contributed by atoms with Crippen LogP contribution in [0.2, 0.25) is 5.02 Å².